The number of rotatable bonds is 6. The quantitative estimate of drug-likeness (QED) is 0.535. The molecule has 5 rings (SSSR count). The minimum Gasteiger partial charge on any atom is -0.378 e. The van der Waals surface area contributed by atoms with Crippen LogP contribution in [0.25, 0.3) is 0 Å². The number of hydrogen-bond donors (Lipinski definition) is 2. The van der Waals surface area contributed by atoms with Crippen LogP contribution in [-0.4, -0.2) is 60.5 Å². The first-order valence-electron chi connectivity index (χ1n) is 13.7. The van der Waals surface area contributed by atoms with Crippen molar-refractivity contribution < 1.29 is 4.74 Å². The van der Waals surface area contributed by atoms with E-state index in [0.29, 0.717) is 17.1 Å². The van der Waals surface area contributed by atoms with Crippen molar-refractivity contribution in [2.45, 2.75) is 69.7 Å². The van der Waals surface area contributed by atoms with E-state index in [-0.39, 0.29) is 5.41 Å². The molecule has 3 fully saturated rings. The van der Waals surface area contributed by atoms with Crippen molar-refractivity contribution in [1.82, 2.24) is 15.3 Å². The molecule has 0 spiro atoms. The molecule has 3 aliphatic rings. The summed E-state index contributed by atoms with van der Waals surface area (Å²) in [6.45, 7) is 7.28. The summed E-state index contributed by atoms with van der Waals surface area (Å²) < 4.78 is 5.57. The van der Waals surface area contributed by atoms with Gasteiger partial charge in [-0.3, -0.25) is 0 Å². The highest BCUT2D eigenvalue weighted by atomic mass is 32.1. The van der Waals surface area contributed by atoms with Gasteiger partial charge in [-0.2, -0.15) is 9.97 Å². The summed E-state index contributed by atoms with van der Waals surface area (Å²) in [5.41, 5.74) is 1.53. The van der Waals surface area contributed by atoms with Gasteiger partial charge in [-0.25, -0.2) is 0 Å². The Morgan fingerprint density at radius 2 is 1.75 bits per heavy atom. The lowest BCUT2D eigenvalue weighted by atomic mass is 9.69. The second kappa shape index (κ2) is 11.7. The van der Waals surface area contributed by atoms with Crippen LogP contribution in [0, 0.1) is 0 Å². The summed E-state index contributed by atoms with van der Waals surface area (Å²) >= 11 is 5.78. The number of benzene rings is 1. The molecule has 0 bridgehead atoms. The molecule has 1 aliphatic carbocycles. The van der Waals surface area contributed by atoms with Gasteiger partial charge in [0.25, 0.3) is 0 Å². The van der Waals surface area contributed by atoms with Gasteiger partial charge in [0.05, 0.1) is 13.2 Å². The summed E-state index contributed by atoms with van der Waals surface area (Å²) in [5.74, 6) is 2.50. The molecule has 0 amide bonds. The van der Waals surface area contributed by atoms with Crippen LogP contribution in [0.1, 0.15) is 63.9 Å². The maximum Gasteiger partial charge on any atom is 0.232 e. The number of nitrogens with one attached hydrogen (secondary N) is 2. The molecule has 1 aromatic heterocycles. The lowest BCUT2D eigenvalue weighted by Crippen LogP contribution is -2.44. The molecule has 36 heavy (non-hydrogen) atoms. The predicted molar refractivity (Wildman–Crippen MR) is 151 cm³/mol. The topological polar surface area (TPSA) is 65.6 Å². The molecule has 8 heteroatoms. The van der Waals surface area contributed by atoms with Gasteiger partial charge in [0.2, 0.25) is 5.95 Å². The smallest absolute Gasteiger partial charge is 0.232 e. The maximum absolute atomic E-state index is 5.78. The van der Waals surface area contributed by atoms with Crippen molar-refractivity contribution in [2.24, 2.45) is 0 Å². The molecule has 7 nitrogen and oxygen atoms in total. The van der Waals surface area contributed by atoms with E-state index in [0.717, 1.165) is 51.0 Å². The van der Waals surface area contributed by atoms with E-state index >= 15 is 0 Å². The number of nitrogens with zero attached hydrogens (tertiary/aromatic N) is 4. The highest BCUT2D eigenvalue weighted by Crippen LogP contribution is 2.39. The molecule has 194 valence electrons. The average molecular weight is 509 g/mol. The minimum absolute atomic E-state index is 0.121. The van der Waals surface area contributed by atoms with Gasteiger partial charge in [-0.05, 0) is 56.8 Å². The number of ether oxygens (including phenoxy) is 1. The third kappa shape index (κ3) is 5.92. The summed E-state index contributed by atoms with van der Waals surface area (Å²) in [5, 5.41) is 7.47. The average Bonchev–Trinajstić information content (AvgIpc) is 2.93. The Kier molecular flexibility index (Phi) is 8.22. The number of hydrogen-bond acceptors (Lipinski definition) is 6. The zero-order valence-corrected chi connectivity index (χ0v) is 22.4. The normalized spacial score (nSPS) is 22.2. The fourth-order valence-electron chi connectivity index (χ4n) is 6.00. The first-order chi connectivity index (χ1) is 17.6. The highest BCUT2D eigenvalue weighted by Gasteiger charge is 2.34. The molecule has 1 aromatic carbocycles. The number of anilines is 3. The van der Waals surface area contributed by atoms with Crippen LogP contribution in [0.4, 0.5) is 17.6 Å². The third-order valence-electron chi connectivity index (χ3n) is 8.14. The van der Waals surface area contributed by atoms with Gasteiger partial charge >= 0.3 is 0 Å². The molecule has 2 N–H and O–H groups in total. The largest absolute Gasteiger partial charge is 0.378 e. The van der Waals surface area contributed by atoms with E-state index in [2.05, 4.69) is 63.8 Å². The van der Waals surface area contributed by atoms with Gasteiger partial charge < -0.3 is 25.2 Å². The summed E-state index contributed by atoms with van der Waals surface area (Å²) in [4.78, 5) is 14.5. The van der Waals surface area contributed by atoms with E-state index in [1.165, 1.54) is 56.9 Å². The van der Waals surface area contributed by atoms with E-state index in [9.17, 15) is 0 Å². The third-order valence-corrected chi connectivity index (χ3v) is 8.39. The molecule has 2 aromatic rings. The van der Waals surface area contributed by atoms with Crippen LogP contribution < -0.4 is 20.4 Å². The standard InChI is InChI=1S/C28H40N6OS/c1-22-10-6-9-15-34(22)25-20-24(33-16-18-35-19-17-33)30-26(31-25)32-27(36)29-21-28(13-7-3-8-14-28)23-11-4-2-5-12-23/h2,4-5,11-12,20,22H,3,6-10,13-19,21H2,1H3,(H2,29,30,31,32,36)/t22-/m0/s1. The van der Waals surface area contributed by atoms with E-state index in [1.54, 1.807) is 0 Å². The van der Waals surface area contributed by atoms with Gasteiger partial charge in [0.15, 0.2) is 5.11 Å². The number of thiocarbonyl (C=S) groups is 1. The van der Waals surface area contributed by atoms with Crippen LogP contribution in [0.3, 0.4) is 0 Å². The Balaban J connectivity index is 1.33. The van der Waals surface area contributed by atoms with Crippen LogP contribution in [-0.2, 0) is 10.2 Å². The first kappa shape index (κ1) is 25.2. The monoisotopic (exact) mass is 508 g/mol. The van der Waals surface area contributed by atoms with Crippen molar-refractivity contribution in [2.75, 3.05) is 54.5 Å². The fourth-order valence-corrected chi connectivity index (χ4v) is 6.16. The van der Waals surface area contributed by atoms with Crippen LogP contribution in [0.5, 0.6) is 0 Å². The van der Waals surface area contributed by atoms with E-state index in [1.807, 2.05) is 0 Å². The Hall–Kier alpha value is -2.45. The second-order valence-corrected chi connectivity index (χ2v) is 11.0. The fraction of sp³-hybridized carbons (Fsp3) is 0.607. The summed E-state index contributed by atoms with van der Waals surface area (Å²) in [6.07, 6.45) is 9.89. The molecular weight excluding hydrogens is 468 g/mol. The molecule has 1 atom stereocenters. The van der Waals surface area contributed by atoms with Crippen molar-refractivity contribution in [1.29, 1.82) is 0 Å². The number of piperidine rings is 1. The molecule has 3 heterocycles. The molecule has 1 saturated carbocycles. The Morgan fingerprint density at radius 1 is 1.00 bits per heavy atom. The molecular formula is C28H40N6OS. The van der Waals surface area contributed by atoms with Crippen molar-refractivity contribution >= 4 is 34.9 Å². The Bertz CT molecular complexity index is 1010. The highest BCUT2D eigenvalue weighted by molar-refractivity contribution is 7.80. The summed E-state index contributed by atoms with van der Waals surface area (Å²) in [7, 11) is 0. The van der Waals surface area contributed by atoms with E-state index < -0.39 is 0 Å². The predicted octanol–water partition coefficient (Wildman–Crippen LogP) is 4.88. The Morgan fingerprint density at radius 3 is 2.50 bits per heavy atom. The van der Waals surface area contributed by atoms with Gasteiger partial charge in [0.1, 0.15) is 11.6 Å². The van der Waals surface area contributed by atoms with Gasteiger partial charge in [-0.1, -0.05) is 49.6 Å². The van der Waals surface area contributed by atoms with Crippen LogP contribution in [0.15, 0.2) is 36.4 Å². The minimum atomic E-state index is 0.121. The SMILES string of the molecule is C[C@H]1CCCCN1c1cc(N2CCOCC2)nc(NC(=S)NCC2(c3ccccc3)CCCCC2)n1. The van der Waals surface area contributed by atoms with E-state index in [4.69, 9.17) is 26.9 Å². The first-order valence-corrected chi connectivity index (χ1v) is 14.1. The number of morpholine rings is 1. The van der Waals surface area contributed by atoms with Gasteiger partial charge in [0, 0.05) is 43.7 Å². The van der Waals surface area contributed by atoms with Crippen molar-refractivity contribution in [3.05, 3.63) is 42.0 Å². The second-order valence-electron chi connectivity index (χ2n) is 10.6. The molecule has 2 aliphatic heterocycles. The van der Waals surface area contributed by atoms with Crippen molar-refractivity contribution in [3.63, 3.8) is 0 Å². The van der Waals surface area contributed by atoms with Crippen LogP contribution >= 0.6 is 12.2 Å². The van der Waals surface area contributed by atoms with Gasteiger partial charge in [-0.15, -0.1) is 0 Å². The lowest BCUT2D eigenvalue weighted by Gasteiger charge is -2.38. The maximum atomic E-state index is 5.78. The molecule has 0 radical (unpaired) electrons. The van der Waals surface area contributed by atoms with Crippen LogP contribution in [0.2, 0.25) is 0 Å². The zero-order valence-electron chi connectivity index (χ0n) is 21.5. The zero-order chi connectivity index (χ0) is 24.8. The lowest BCUT2D eigenvalue weighted by molar-refractivity contribution is 0.122. The van der Waals surface area contributed by atoms with Crippen molar-refractivity contribution in [3.8, 4) is 0 Å². The number of aromatic nitrogens is 2. The summed E-state index contributed by atoms with van der Waals surface area (Å²) in [6, 6.07) is 13.5. The molecule has 2 saturated heterocycles. The Labute approximate surface area is 221 Å². The molecule has 0 unspecified atom stereocenters.